The summed E-state index contributed by atoms with van der Waals surface area (Å²) < 4.78 is 0. The van der Waals surface area contributed by atoms with E-state index >= 15 is 0 Å². The first-order valence-electron chi connectivity index (χ1n) is 10.2. The van der Waals surface area contributed by atoms with E-state index in [0.717, 1.165) is 0 Å². The second kappa shape index (κ2) is 63.7. The molecule has 6 heteroatoms. The van der Waals surface area contributed by atoms with Gasteiger partial charge >= 0.3 is 0 Å². The van der Waals surface area contributed by atoms with E-state index in [2.05, 4.69) is 17.5 Å². The Labute approximate surface area is 288 Å². The van der Waals surface area contributed by atoms with Crippen molar-refractivity contribution in [2.45, 2.75) is 55.4 Å². The topological polar surface area (TPSA) is 0 Å². The molecule has 0 saturated carbocycles. The summed E-state index contributed by atoms with van der Waals surface area (Å²) in [5, 5.41) is 12.9. The van der Waals surface area contributed by atoms with Crippen molar-refractivity contribution in [3.63, 3.8) is 0 Å². The average molecular weight is 715 g/mol. The predicted molar refractivity (Wildman–Crippen MR) is 141 cm³/mol. The summed E-state index contributed by atoms with van der Waals surface area (Å²) >= 11 is 4.96. The van der Waals surface area contributed by atoms with Gasteiger partial charge in [0.25, 0.3) is 0 Å². The normalized spacial score (nSPS) is 6.00. The molecule has 0 aliphatic rings. The van der Waals surface area contributed by atoms with Gasteiger partial charge in [0, 0.05) is 98.1 Å². The maximum absolute atomic E-state index is 2.90. The molecule has 1 aromatic carbocycles. The smallest absolute Gasteiger partial charge is 0 e. The van der Waals surface area contributed by atoms with E-state index in [1.54, 1.807) is 34.0 Å². The van der Waals surface area contributed by atoms with Gasteiger partial charge < -0.3 is 11.3 Å². The molecule has 0 fully saturated rings. The third-order valence-corrected chi connectivity index (χ3v) is 3.55. The van der Waals surface area contributed by atoms with E-state index < -0.39 is 0 Å². The molecule has 3 aromatic heterocycles. The molecule has 3 heterocycles. The summed E-state index contributed by atoms with van der Waals surface area (Å²) in [4.78, 5) is 0. The zero-order valence-electron chi connectivity index (χ0n) is 21.1. The fraction of sp³-hybridized carbons (Fsp3) is 0.308. The van der Waals surface area contributed by atoms with Crippen LogP contribution >= 0.6 is 34.0 Å². The molecule has 173 valence electrons. The Hall–Kier alpha value is 1.63. The minimum absolute atomic E-state index is 0. The van der Waals surface area contributed by atoms with Gasteiger partial charge in [-0.1, -0.05) is 67.5 Å². The third-order valence-electron chi connectivity index (χ3n) is 1.79. The van der Waals surface area contributed by atoms with Crippen LogP contribution in [0.1, 0.15) is 55.4 Å². The van der Waals surface area contributed by atoms with Crippen molar-refractivity contribution in [1.29, 1.82) is 0 Å². The third kappa shape index (κ3) is 57.9. The number of thiophene rings is 3. The minimum atomic E-state index is 0. The van der Waals surface area contributed by atoms with Crippen LogP contribution in [0.15, 0.2) is 87.6 Å². The van der Waals surface area contributed by atoms with Crippen LogP contribution in [0, 0.1) is 17.5 Å². The summed E-state index contributed by atoms with van der Waals surface area (Å²) in [6, 6.07) is 25.2. The second-order valence-corrected chi connectivity index (χ2v) is 5.66. The van der Waals surface area contributed by atoms with Gasteiger partial charge in [0.15, 0.2) is 0 Å². The molecule has 0 nitrogen and oxygen atoms in total. The van der Waals surface area contributed by atoms with E-state index in [1.807, 2.05) is 143 Å². The zero-order valence-corrected chi connectivity index (χ0v) is 32.1. The summed E-state index contributed by atoms with van der Waals surface area (Å²) in [6.45, 7) is 16.0. The van der Waals surface area contributed by atoms with Crippen molar-refractivity contribution in [2.24, 2.45) is 0 Å². The summed E-state index contributed by atoms with van der Waals surface area (Å²) in [5.74, 6) is 0. The minimum Gasteiger partial charge on any atom is -0.304 e. The monoisotopic (exact) mass is 714 g/mol. The summed E-state index contributed by atoms with van der Waals surface area (Å²) in [5.41, 5.74) is 0. The van der Waals surface area contributed by atoms with Crippen LogP contribution in [-0.4, -0.2) is 0 Å². The maximum atomic E-state index is 2.90. The molecule has 0 aliphatic carbocycles. The van der Waals surface area contributed by atoms with Crippen LogP contribution in [0.25, 0.3) is 0 Å². The molecule has 0 amide bonds. The molecule has 0 unspecified atom stereocenters. The SMILES string of the molecule is CC.CC.CC.CC.[Y].[Y].[Y].[c-]1ccccc1.[c-]1cccs1.[c-]1ccsc1.c1ccsc1. The van der Waals surface area contributed by atoms with Gasteiger partial charge in [-0.2, -0.15) is 64.6 Å². The summed E-state index contributed by atoms with van der Waals surface area (Å²) in [6.07, 6.45) is 0. The van der Waals surface area contributed by atoms with Crippen LogP contribution in [0.3, 0.4) is 0 Å². The van der Waals surface area contributed by atoms with E-state index in [-0.39, 0.29) is 98.1 Å². The van der Waals surface area contributed by atoms with Crippen molar-refractivity contribution in [1.82, 2.24) is 0 Å². The van der Waals surface area contributed by atoms with E-state index in [1.165, 1.54) is 0 Å². The Kier molecular flexibility index (Phi) is 101. The Morgan fingerprint density at radius 2 is 0.969 bits per heavy atom. The molecule has 0 N–H and O–H groups in total. The van der Waals surface area contributed by atoms with Crippen molar-refractivity contribution >= 4 is 34.0 Å². The standard InChI is InChI=1S/C6H5.C4H4S.2C4H3S.4C2H6.3Y/c1-2-4-6-5-3-1;3*1-2-4-5-3-1;4*1-2;;;/h1-5H;1-4H;1,3-4H;1-3H;4*1-2H3;;;/q-1;;2*-1;;;;;;;. The molecule has 32 heavy (non-hydrogen) atoms. The van der Waals surface area contributed by atoms with E-state index in [9.17, 15) is 0 Å². The first-order chi connectivity index (χ1) is 14.5. The maximum Gasteiger partial charge on any atom is 0 e. The van der Waals surface area contributed by atoms with E-state index in [4.69, 9.17) is 0 Å². The van der Waals surface area contributed by atoms with Gasteiger partial charge in [-0.3, -0.25) is 11.3 Å². The van der Waals surface area contributed by atoms with Gasteiger partial charge in [0.2, 0.25) is 0 Å². The van der Waals surface area contributed by atoms with Gasteiger partial charge in [-0.15, -0.1) is 10.8 Å². The number of hydrogen-bond acceptors (Lipinski definition) is 3. The van der Waals surface area contributed by atoms with Crippen LogP contribution in [0.4, 0.5) is 0 Å². The van der Waals surface area contributed by atoms with Gasteiger partial charge in [0.1, 0.15) is 0 Å². The number of hydrogen-bond donors (Lipinski definition) is 0. The van der Waals surface area contributed by atoms with Crippen LogP contribution < -0.4 is 0 Å². The molecule has 0 spiro atoms. The van der Waals surface area contributed by atoms with E-state index in [0.29, 0.717) is 0 Å². The number of benzene rings is 1. The number of rotatable bonds is 0. The molecule has 4 rings (SSSR count). The zero-order chi connectivity index (χ0) is 22.8. The van der Waals surface area contributed by atoms with Gasteiger partial charge in [0.05, 0.1) is 0 Å². The molecule has 0 aliphatic heterocycles. The first-order valence-corrected chi connectivity index (χ1v) is 12.9. The fourth-order valence-electron chi connectivity index (χ4n) is 0.962. The molecule has 0 saturated heterocycles. The molecular weight excluding hydrogens is 675 g/mol. The Balaban J connectivity index is -0.0000000460. The van der Waals surface area contributed by atoms with Crippen molar-refractivity contribution in [2.75, 3.05) is 0 Å². The Bertz CT molecular complexity index is 427. The first kappa shape index (κ1) is 50.5. The van der Waals surface area contributed by atoms with Crippen LogP contribution in [-0.2, 0) is 98.1 Å². The molecule has 0 atom stereocenters. The predicted octanol–water partition coefficient (Wildman–Crippen LogP) is 10.4. The Morgan fingerprint density at radius 3 is 1.09 bits per heavy atom. The van der Waals surface area contributed by atoms with Crippen molar-refractivity contribution < 1.29 is 98.1 Å². The molecule has 4 aromatic rings. The summed E-state index contributed by atoms with van der Waals surface area (Å²) in [7, 11) is 0. The largest absolute Gasteiger partial charge is 0.304 e. The fourth-order valence-corrected chi connectivity index (χ4v) is 2.20. The van der Waals surface area contributed by atoms with Gasteiger partial charge in [-0.25, -0.2) is 18.2 Å². The van der Waals surface area contributed by atoms with Crippen LogP contribution in [0.2, 0.25) is 0 Å². The molecule has 3 radical (unpaired) electrons. The molecule has 0 bridgehead atoms. The quantitative estimate of drug-likeness (QED) is 0.159. The molecular formula is C26H39S3Y3-3. The average Bonchev–Trinajstić information content (AvgIpc) is 3.67. The van der Waals surface area contributed by atoms with Crippen molar-refractivity contribution in [3.8, 4) is 0 Å². The van der Waals surface area contributed by atoms with Crippen LogP contribution in [0.5, 0.6) is 0 Å². The van der Waals surface area contributed by atoms with Gasteiger partial charge in [-0.05, 0) is 10.8 Å². The Morgan fingerprint density at radius 1 is 0.438 bits per heavy atom. The second-order valence-electron chi connectivity index (χ2n) is 3.32. The van der Waals surface area contributed by atoms with Crippen molar-refractivity contribution in [3.05, 3.63) is 105 Å².